The topological polar surface area (TPSA) is 76.2 Å². The van der Waals surface area contributed by atoms with Crippen LogP contribution in [-0.2, 0) is 0 Å². The fourth-order valence-corrected chi connectivity index (χ4v) is 0.818. The summed E-state index contributed by atoms with van der Waals surface area (Å²) in [7, 11) is 0. The van der Waals surface area contributed by atoms with Crippen LogP contribution in [0.2, 0.25) is 0 Å². The van der Waals surface area contributed by atoms with Gasteiger partial charge < -0.3 is 10.8 Å². The number of hydrogen-bond donors (Lipinski definition) is 2. The quantitative estimate of drug-likeness (QED) is 0.707. The number of carbonyl (C=O) groups is 1. The third-order valence-corrected chi connectivity index (χ3v) is 1.47. The van der Waals surface area contributed by atoms with Crippen molar-refractivity contribution < 1.29 is 23.1 Å². The molecule has 0 aliphatic rings. The summed E-state index contributed by atoms with van der Waals surface area (Å²) in [6.07, 6.45) is -3.11. The van der Waals surface area contributed by atoms with Crippen molar-refractivity contribution >= 4 is 5.91 Å². The van der Waals surface area contributed by atoms with Gasteiger partial charge in [0.2, 0.25) is 0 Å². The number of aromatic nitrogens is 1. The summed E-state index contributed by atoms with van der Waals surface area (Å²) in [6.45, 7) is 0. The van der Waals surface area contributed by atoms with Gasteiger partial charge >= 0.3 is 0 Å². The Balaban J connectivity index is 3.35. The van der Waals surface area contributed by atoms with Crippen LogP contribution in [0.25, 0.3) is 0 Å². The Bertz CT molecular complexity index is 381. The number of nitrogens with two attached hydrogens (primary N) is 1. The van der Waals surface area contributed by atoms with E-state index in [9.17, 15) is 18.0 Å². The van der Waals surface area contributed by atoms with E-state index in [0.717, 1.165) is 0 Å². The third kappa shape index (κ3) is 1.76. The molecule has 0 atom stereocenters. The molecule has 1 rings (SSSR count). The van der Waals surface area contributed by atoms with Crippen molar-refractivity contribution in [2.75, 3.05) is 0 Å². The lowest BCUT2D eigenvalue weighted by Crippen LogP contribution is -2.14. The SMILES string of the molecule is NC(=O)c1cc(C(F)F)c(O)c(F)n1. The predicted octanol–water partition coefficient (Wildman–Crippen LogP) is 0.963. The van der Waals surface area contributed by atoms with Gasteiger partial charge in [0, 0.05) is 0 Å². The summed E-state index contributed by atoms with van der Waals surface area (Å²) >= 11 is 0. The van der Waals surface area contributed by atoms with Crippen molar-refractivity contribution in [3.05, 3.63) is 23.3 Å². The molecule has 0 spiro atoms. The van der Waals surface area contributed by atoms with E-state index in [2.05, 4.69) is 4.98 Å². The van der Waals surface area contributed by atoms with E-state index < -0.39 is 35.3 Å². The highest BCUT2D eigenvalue weighted by atomic mass is 19.3. The monoisotopic (exact) mass is 206 g/mol. The highest BCUT2D eigenvalue weighted by molar-refractivity contribution is 5.91. The lowest BCUT2D eigenvalue weighted by atomic mass is 10.2. The highest BCUT2D eigenvalue weighted by Crippen LogP contribution is 2.29. The fourth-order valence-electron chi connectivity index (χ4n) is 0.818. The predicted molar refractivity (Wildman–Crippen MR) is 39.3 cm³/mol. The van der Waals surface area contributed by atoms with E-state index in [0.29, 0.717) is 6.07 Å². The summed E-state index contributed by atoms with van der Waals surface area (Å²) in [5.74, 6) is -3.97. The van der Waals surface area contributed by atoms with E-state index >= 15 is 0 Å². The first-order valence-electron chi connectivity index (χ1n) is 3.41. The van der Waals surface area contributed by atoms with Gasteiger partial charge in [-0.25, -0.2) is 13.8 Å². The van der Waals surface area contributed by atoms with Crippen LogP contribution in [-0.4, -0.2) is 16.0 Å². The van der Waals surface area contributed by atoms with E-state index in [1.807, 2.05) is 0 Å². The Hall–Kier alpha value is -1.79. The molecular formula is C7H5F3N2O2. The second kappa shape index (κ2) is 3.52. The number of alkyl halides is 2. The van der Waals surface area contributed by atoms with Gasteiger partial charge in [0.1, 0.15) is 5.69 Å². The number of rotatable bonds is 2. The molecule has 0 unspecified atom stereocenters. The van der Waals surface area contributed by atoms with Crippen molar-refractivity contribution in [2.24, 2.45) is 5.73 Å². The van der Waals surface area contributed by atoms with Crippen LogP contribution in [0.4, 0.5) is 13.2 Å². The first-order chi connectivity index (χ1) is 6.43. The molecule has 4 nitrogen and oxygen atoms in total. The molecule has 0 bridgehead atoms. The molecule has 0 radical (unpaired) electrons. The zero-order chi connectivity index (χ0) is 10.9. The minimum atomic E-state index is -3.11. The van der Waals surface area contributed by atoms with Crippen LogP contribution in [0, 0.1) is 5.95 Å². The number of amides is 1. The number of halogens is 3. The molecule has 1 aromatic rings. The van der Waals surface area contributed by atoms with Gasteiger partial charge in [-0.05, 0) is 6.07 Å². The average molecular weight is 206 g/mol. The largest absolute Gasteiger partial charge is 0.503 e. The second-order valence-electron chi connectivity index (χ2n) is 2.40. The molecule has 76 valence electrons. The zero-order valence-corrected chi connectivity index (χ0v) is 6.67. The minimum absolute atomic E-state index is 0.547. The molecule has 3 N–H and O–H groups in total. The molecule has 1 heterocycles. The Morgan fingerprint density at radius 2 is 2.14 bits per heavy atom. The zero-order valence-electron chi connectivity index (χ0n) is 6.67. The lowest BCUT2D eigenvalue weighted by molar-refractivity contribution is 0.0993. The maximum atomic E-state index is 12.7. The Morgan fingerprint density at radius 3 is 2.57 bits per heavy atom. The van der Waals surface area contributed by atoms with Gasteiger partial charge in [-0.15, -0.1) is 0 Å². The number of hydrogen-bond acceptors (Lipinski definition) is 3. The Labute approximate surface area is 76.2 Å². The summed E-state index contributed by atoms with van der Waals surface area (Å²) in [4.78, 5) is 13.4. The molecule has 14 heavy (non-hydrogen) atoms. The highest BCUT2D eigenvalue weighted by Gasteiger charge is 2.20. The molecule has 0 saturated heterocycles. The van der Waals surface area contributed by atoms with Gasteiger partial charge in [-0.2, -0.15) is 4.39 Å². The van der Waals surface area contributed by atoms with Crippen LogP contribution < -0.4 is 5.73 Å². The summed E-state index contributed by atoms with van der Waals surface area (Å²) in [5.41, 5.74) is 3.04. The molecular weight excluding hydrogens is 201 g/mol. The molecule has 0 aliphatic heterocycles. The van der Waals surface area contributed by atoms with Crippen molar-refractivity contribution in [3.8, 4) is 5.75 Å². The Kier molecular flexibility index (Phi) is 2.59. The fraction of sp³-hybridized carbons (Fsp3) is 0.143. The summed E-state index contributed by atoms with van der Waals surface area (Å²) in [6, 6.07) is 0.547. The van der Waals surface area contributed by atoms with E-state index in [1.54, 1.807) is 0 Å². The smallest absolute Gasteiger partial charge is 0.267 e. The first-order valence-corrected chi connectivity index (χ1v) is 3.41. The third-order valence-electron chi connectivity index (χ3n) is 1.47. The van der Waals surface area contributed by atoms with Crippen molar-refractivity contribution in [1.82, 2.24) is 4.98 Å². The van der Waals surface area contributed by atoms with Crippen molar-refractivity contribution in [1.29, 1.82) is 0 Å². The van der Waals surface area contributed by atoms with Gasteiger partial charge in [0.15, 0.2) is 5.75 Å². The number of carbonyl (C=O) groups excluding carboxylic acids is 1. The van der Waals surface area contributed by atoms with Gasteiger partial charge in [0.25, 0.3) is 18.3 Å². The van der Waals surface area contributed by atoms with E-state index in [4.69, 9.17) is 10.8 Å². The van der Waals surface area contributed by atoms with Crippen molar-refractivity contribution in [3.63, 3.8) is 0 Å². The minimum Gasteiger partial charge on any atom is -0.503 e. The molecule has 0 aliphatic carbocycles. The van der Waals surface area contributed by atoms with Crippen LogP contribution in [0.5, 0.6) is 5.75 Å². The lowest BCUT2D eigenvalue weighted by Gasteiger charge is -2.04. The number of pyridine rings is 1. The van der Waals surface area contributed by atoms with Crippen LogP contribution in [0.1, 0.15) is 22.5 Å². The molecule has 1 amide bonds. The molecule has 0 aromatic carbocycles. The number of primary amides is 1. The number of nitrogens with zero attached hydrogens (tertiary/aromatic N) is 1. The standard InChI is InChI=1S/C7H5F3N2O2/c8-5(9)2-1-3(7(11)14)12-6(10)4(2)13/h1,5,13H,(H2,11,14). The molecule has 0 fully saturated rings. The average Bonchev–Trinajstić information content (AvgIpc) is 2.08. The van der Waals surface area contributed by atoms with Gasteiger partial charge in [0.05, 0.1) is 5.56 Å². The second-order valence-corrected chi connectivity index (χ2v) is 2.40. The Morgan fingerprint density at radius 1 is 1.57 bits per heavy atom. The maximum absolute atomic E-state index is 12.7. The van der Waals surface area contributed by atoms with Gasteiger partial charge in [-0.3, -0.25) is 4.79 Å². The van der Waals surface area contributed by atoms with Crippen LogP contribution in [0.3, 0.4) is 0 Å². The summed E-state index contributed by atoms with van der Waals surface area (Å²) in [5, 5.41) is 8.80. The maximum Gasteiger partial charge on any atom is 0.267 e. The van der Waals surface area contributed by atoms with Gasteiger partial charge in [-0.1, -0.05) is 0 Å². The molecule has 1 aromatic heterocycles. The van der Waals surface area contributed by atoms with Crippen molar-refractivity contribution in [2.45, 2.75) is 6.43 Å². The first kappa shape index (κ1) is 10.3. The van der Waals surface area contributed by atoms with E-state index in [1.165, 1.54) is 0 Å². The van der Waals surface area contributed by atoms with Crippen LogP contribution >= 0.6 is 0 Å². The van der Waals surface area contributed by atoms with E-state index in [-0.39, 0.29) is 0 Å². The molecule has 7 heteroatoms. The number of aromatic hydroxyl groups is 1. The van der Waals surface area contributed by atoms with Crippen LogP contribution in [0.15, 0.2) is 6.07 Å². The molecule has 0 saturated carbocycles. The summed E-state index contributed by atoms with van der Waals surface area (Å²) < 4.78 is 36.9. The normalized spacial score (nSPS) is 10.6.